The highest BCUT2D eigenvalue weighted by Gasteiger charge is 2.08. The van der Waals surface area contributed by atoms with Crippen molar-refractivity contribution in [3.05, 3.63) is 35.9 Å². The number of hydrogen-bond acceptors (Lipinski definition) is 1. The maximum absolute atomic E-state index is 2.45. The molecule has 0 amide bonds. The molecule has 1 aliphatic carbocycles. The zero-order valence-electron chi connectivity index (χ0n) is 9.33. The Morgan fingerprint density at radius 3 is 2.80 bits per heavy atom. The lowest BCUT2D eigenvalue weighted by Crippen LogP contribution is -1.87. The number of hydrogen-bond donors (Lipinski definition) is 0. The number of allylic oxidation sites excluding steroid dienone is 2. The predicted molar refractivity (Wildman–Crippen MR) is 69.3 cm³/mol. The highest BCUT2D eigenvalue weighted by atomic mass is 32.2. The van der Waals surface area contributed by atoms with Crippen LogP contribution in [0.1, 0.15) is 37.7 Å². The summed E-state index contributed by atoms with van der Waals surface area (Å²) in [5, 5.41) is 0. The molecule has 1 aromatic rings. The second-order valence-corrected chi connectivity index (χ2v) is 4.88. The highest BCUT2D eigenvalue weighted by molar-refractivity contribution is 7.98. The van der Waals surface area contributed by atoms with Crippen LogP contribution in [0.25, 0.3) is 5.57 Å². The van der Waals surface area contributed by atoms with Crippen molar-refractivity contribution in [2.24, 2.45) is 0 Å². The van der Waals surface area contributed by atoms with E-state index in [0.717, 1.165) is 0 Å². The first-order chi connectivity index (χ1) is 7.42. The average molecular weight is 218 g/mol. The van der Waals surface area contributed by atoms with Crippen molar-refractivity contribution in [1.82, 2.24) is 0 Å². The van der Waals surface area contributed by atoms with Crippen LogP contribution < -0.4 is 0 Å². The molecule has 1 aliphatic rings. The van der Waals surface area contributed by atoms with Gasteiger partial charge in [0.25, 0.3) is 0 Å². The van der Waals surface area contributed by atoms with E-state index in [4.69, 9.17) is 0 Å². The zero-order chi connectivity index (χ0) is 10.5. The van der Waals surface area contributed by atoms with E-state index in [1.807, 2.05) is 11.8 Å². The highest BCUT2D eigenvalue weighted by Crippen LogP contribution is 2.31. The van der Waals surface area contributed by atoms with Crippen molar-refractivity contribution in [1.29, 1.82) is 0 Å². The summed E-state index contributed by atoms with van der Waals surface area (Å²) in [5.41, 5.74) is 3.03. The normalized spacial score (nSPS) is 17.0. The Balaban J connectivity index is 2.30. The summed E-state index contributed by atoms with van der Waals surface area (Å²) in [6.07, 6.45) is 11.2. The Bertz CT molecular complexity index is 352. The van der Waals surface area contributed by atoms with Gasteiger partial charge >= 0.3 is 0 Å². The standard InChI is InChI=1S/C14H18S/c1-15-14-11-7-6-10-13(14)12-8-4-2-3-5-9-12/h6-8,10-11H,2-5,9H2,1H3. The fourth-order valence-electron chi connectivity index (χ4n) is 2.17. The molecule has 0 bridgehead atoms. The minimum absolute atomic E-state index is 1.26. The van der Waals surface area contributed by atoms with Crippen molar-refractivity contribution in [2.45, 2.75) is 37.0 Å². The summed E-state index contributed by atoms with van der Waals surface area (Å²) in [7, 11) is 0. The summed E-state index contributed by atoms with van der Waals surface area (Å²) < 4.78 is 0. The number of thioether (sulfide) groups is 1. The Morgan fingerprint density at radius 2 is 1.93 bits per heavy atom. The molecule has 0 aromatic heterocycles. The van der Waals surface area contributed by atoms with Crippen molar-refractivity contribution < 1.29 is 0 Å². The molecular formula is C14H18S. The van der Waals surface area contributed by atoms with Gasteiger partial charge in [-0.1, -0.05) is 30.7 Å². The Labute approximate surface area is 96.8 Å². The van der Waals surface area contributed by atoms with Crippen molar-refractivity contribution >= 4 is 17.3 Å². The number of benzene rings is 1. The minimum Gasteiger partial charge on any atom is -0.129 e. The van der Waals surface area contributed by atoms with Gasteiger partial charge in [-0.05, 0) is 49.1 Å². The molecule has 0 fully saturated rings. The smallest absolute Gasteiger partial charge is 0.0144 e. The monoisotopic (exact) mass is 218 g/mol. The summed E-state index contributed by atoms with van der Waals surface area (Å²) in [4.78, 5) is 1.42. The molecular weight excluding hydrogens is 200 g/mol. The Kier molecular flexibility index (Phi) is 3.90. The third-order valence-corrected chi connectivity index (χ3v) is 3.79. The van der Waals surface area contributed by atoms with Gasteiger partial charge < -0.3 is 0 Å². The number of rotatable bonds is 2. The molecule has 15 heavy (non-hydrogen) atoms. The minimum atomic E-state index is 1.26. The van der Waals surface area contributed by atoms with E-state index in [1.165, 1.54) is 42.6 Å². The second-order valence-electron chi connectivity index (χ2n) is 4.03. The van der Waals surface area contributed by atoms with E-state index in [-0.39, 0.29) is 0 Å². The van der Waals surface area contributed by atoms with Gasteiger partial charge in [0.1, 0.15) is 0 Å². The van der Waals surface area contributed by atoms with Crippen LogP contribution in [0.4, 0.5) is 0 Å². The third-order valence-electron chi connectivity index (χ3n) is 2.99. The molecule has 0 radical (unpaired) electrons. The van der Waals surface area contributed by atoms with Crippen LogP contribution in [0.15, 0.2) is 35.2 Å². The molecule has 0 aliphatic heterocycles. The van der Waals surface area contributed by atoms with Crippen LogP contribution in [0.3, 0.4) is 0 Å². The van der Waals surface area contributed by atoms with Crippen LogP contribution in [0.2, 0.25) is 0 Å². The molecule has 1 aromatic carbocycles. The molecule has 0 nitrogen and oxygen atoms in total. The first kappa shape index (κ1) is 10.8. The van der Waals surface area contributed by atoms with Crippen molar-refractivity contribution in [2.75, 3.05) is 6.26 Å². The molecule has 1 heteroatoms. The summed E-state index contributed by atoms with van der Waals surface area (Å²) in [6.45, 7) is 0. The molecule has 0 saturated heterocycles. The molecule has 0 unspecified atom stereocenters. The average Bonchev–Trinajstić information content (AvgIpc) is 2.57. The molecule has 2 rings (SSSR count). The van der Waals surface area contributed by atoms with E-state index in [1.54, 1.807) is 5.57 Å². The van der Waals surface area contributed by atoms with E-state index < -0.39 is 0 Å². The van der Waals surface area contributed by atoms with Gasteiger partial charge in [-0.2, -0.15) is 0 Å². The first-order valence-corrected chi connectivity index (χ1v) is 6.96. The Hall–Kier alpha value is -0.690. The van der Waals surface area contributed by atoms with Gasteiger partial charge in [-0.15, -0.1) is 11.8 Å². The summed E-state index contributed by atoms with van der Waals surface area (Å²) >= 11 is 1.86. The lowest BCUT2D eigenvalue weighted by molar-refractivity contribution is 0.720. The summed E-state index contributed by atoms with van der Waals surface area (Å²) in [5.74, 6) is 0. The van der Waals surface area contributed by atoms with Crippen LogP contribution >= 0.6 is 11.8 Å². The zero-order valence-corrected chi connectivity index (χ0v) is 10.1. The van der Waals surface area contributed by atoms with Gasteiger partial charge in [0.2, 0.25) is 0 Å². The topological polar surface area (TPSA) is 0 Å². The predicted octanol–water partition coefficient (Wildman–Crippen LogP) is 4.76. The molecule has 0 spiro atoms. The van der Waals surface area contributed by atoms with Crippen LogP contribution in [0, 0.1) is 0 Å². The quantitative estimate of drug-likeness (QED) is 0.645. The second kappa shape index (κ2) is 5.41. The lowest BCUT2D eigenvalue weighted by atomic mass is 10.0. The van der Waals surface area contributed by atoms with Crippen molar-refractivity contribution in [3.8, 4) is 0 Å². The van der Waals surface area contributed by atoms with Gasteiger partial charge in [-0.25, -0.2) is 0 Å². The fourth-order valence-corrected chi connectivity index (χ4v) is 2.80. The van der Waals surface area contributed by atoms with Crippen LogP contribution in [0.5, 0.6) is 0 Å². The van der Waals surface area contributed by atoms with E-state index in [0.29, 0.717) is 0 Å². The van der Waals surface area contributed by atoms with E-state index >= 15 is 0 Å². The maximum Gasteiger partial charge on any atom is 0.0144 e. The molecule has 0 heterocycles. The van der Waals surface area contributed by atoms with Crippen LogP contribution in [-0.4, -0.2) is 6.26 Å². The van der Waals surface area contributed by atoms with Gasteiger partial charge in [0, 0.05) is 4.90 Å². The van der Waals surface area contributed by atoms with E-state index in [2.05, 4.69) is 36.6 Å². The lowest BCUT2D eigenvalue weighted by Gasteiger charge is -2.10. The molecule has 80 valence electrons. The third kappa shape index (κ3) is 2.66. The largest absolute Gasteiger partial charge is 0.129 e. The fraction of sp³-hybridized carbons (Fsp3) is 0.429. The first-order valence-electron chi connectivity index (χ1n) is 5.74. The SMILES string of the molecule is CSc1ccccc1C1=CCCCCC1. The van der Waals surface area contributed by atoms with Gasteiger partial charge in [-0.3, -0.25) is 0 Å². The van der Waals surface area contributed by atoms with E-state index in [9.17, 15) is 0 Å². The Morgan fingerprint density at radius 1 is 1.07 bits per heavy atom. The molecule has 0 atom stereocenters. The van der Waals surface area contributed by atoms with Crippen LogP contribution in [-0.2, 0) is 0 Å². The van der Waals surface area contributed by atoms with Gasteiger partial charge in [0.05, 0.1) is 0 Å². The summed E-state index contributed by atoms with van der Waals surface area (Å²) in [6, 6.07) is 8.78. The molecule has 0 saturated carbocycles. The van der Waals surface area contributed by atoms with Crippen molar-refractivity contribution in [3.63, 3.8) is 0 Å². The maximum atomic E-state index is 2.45. The molecule has 0 N–H and O–H groups in total. The van der Waals surface area contributed by atoms with Gasteiger partial charge in [0.15, 0.2) is 0 Å².